The van der Waals surface area contributed by atoms with Crippen molar-refractivity contribution in [2.75, 3.05) is 31.3 Å². The van der Waals surface area contributed by atoms with Gasteiger partial charge in [0.25, 0.3) is 0 Å². The first kappa shape index (κ1) is 67.5. The topological polar surface area (TPSA) is 268 Å². The molecule has 5 N–H and O–H groups in total. The predicted molar refractivity (Wildman–Crippen MR) is 314 cm³/mol. The Hall–Kier alpha value is -5.31. The Bertz CT molecular complexity index is 2540. The Morgan fingerprint density at radius 2 is 1.68 bits per heavy atom. The first-order valence-electron chi connectivity index (χ1n) is 29.4. The van der Waals surface area contributed by atoms with Gasteiger partial charge in [-0.3, -0.25) is 38.9 Å². The number of thioether (sulfide) groups is 1. The van der Waals surface area contributed by atoms with Crippen LogP contribution < -0.4 is 20.9 Å². The molecule has 0 radical (unpaired) electrons. The summed E-state index contributed by atoms with van der Waals surface area (Å²) in [5.41, 5.74) is 0.119. The fourth-order valence-corrected chi connectivity index (χ4v) is 12.5. The molecule has 456 valence electrons. The highest BCUT2D eigenvalue weighted by Crippen LogP contribution is 2.49. The third kappa shape index (κ3) is 19.1. The van der Waals surface area contributed by atoms with Crippen LogP contribution in [-0.2, 0) is 59.0 Å². The number of carbonyl (C=O) groups is 9. The molecule has 1 aromatic carbocycles. The summed E-state index contributed by atoms with van der Waals surface area (Å²) < 4.78 is 18.2. The van der Waals surface area contributed by atoms with Crippen LogP contribution in [-0.4, -0.2) is 142 Å². The van der Waals surface area contributed by atoms with E-state index in [1.165, 1.54) is 30.7 Å². The molecule has 2 saturated heterocycles. The molecule has 3 aliphatic heterocycles. The average molecular weight is 1180 g/mol. The van der Waals surface area contributed by atoms with Crippen molar-refractivity contribution in [2.45, 2.75) is 218 Å². The molecular weight excluding hydrogens is 1090 g/mol. The maximum Gasteiger partial charge on any atom is 0.409 e. The number of carboxylic acid groups (broad SMARTS) is 1. The van der Waals surface area contributed by atoms with Crippen molar-refractivity contribution >= 4 is 82.3 Å². The Morgan fingerprint density at radius 3 is 2.35 bits per heavy atom. The number of rotatable bonds is 25. The first-order valence-corrected chi connectivity index (χ1v) is 30.8. The van der Waals surface area contributed by atoms with Crippen molar-refractivity contribution < 1.29 is 67.6 Å². The van der Waals surface area contributed by atoms with E-state index in [2.05, 4.69) is 22.9 Å². The fourth-order valence-electron chi connectivity index (χ4n) is 11.2. The number of carboxylic acids is 1. The number of amides is 5. The number of allylic oxidation sites excluding steroid dienone is 3. The number of likely N-dealkylation sites (N-methyl/N-ethyl adjacent to an activating group) is 1. The summed E-state index contributed by atoms with van der Waals surface area (Å²) in [6, 6.07) is 2.11. The van der Waals surface area contributed by atoms with E-state index in [1.54, 1.807) is 27.8 Å². The molecule has 3 heterocycles. The van der Waals surface area contributed by atoms with Gasteiger partial charge in [0.2, 0.25) is 23.6 Å². The average Bonchev–Trinajstić information content (AvgIpc) is 4.33. The van der Waals surface area contributed by atoms with E-state index in [4.69, 9.17) is 25.8 Å². The number of alkyl carbamates (subject to hydrolysis) is 1. The normalized spacial score (nSPS) is 27.8. The molecule has 10 atom stereocenters. The predicted octanol–water partition coefficient (Wildman–Crippen LogP) is 8.50. The van der Waals surface area contributed by atoms with Crippen molar-refractivity contribution in [2.24, 2.45) is 23.7 Å². The van der Waals surface area contributed by atoms with Crippen LogP contribution in [0.4, 0.5) is 10.5 Å². The lowest BCUT2D eigenvalue weighted by molar-refractivity contribution is -0.162. The molecular formula is C61H90ClN5O14S. The molecule has 5 amide bonds. The van der Waals surface area contributed by atoms with Gasteiger partial charge in [0.15, 0.2) is 5.78 Å². The number of Topliss-reactive ketones (excluding diaryl/α,β-unsaturated/α-hetero) is 2. The number of hydrogen-bond acceptors (Lipinski definition) is 14. The van der Waals surface area contributed by atoms with Gasteiger partial charge in [-0.25, -0.2) is 9.59 Å². The number of anilines is 1. The zero-order chi connectivity index (χ0) is 60.6. The number of esters is 1. The minimum atomic E-state index is -1.67. The SMILES string of the molecule is CCCCCC(=O)NC(CCCCCC(=O)C1CCC(CNC(=O)CC(SCCC(=O)N(C)[C@@H](C)C(=O)O[C@H]2CC(=O)N(C)c3cc(cc(C)c3Cl)C/C(C)=C/C=C/[C@H](C)[C@@]3(O)CC(OC(=O)N3)[C@@H](C)[C@@H]3O[C@@]23C)C(=O)O)CC1)C(C)=O. The number of hydrogen-bond donors (Lipinski definition) is 5. The Labute approximate surface area is 493 Å². The summed E-state index contributed by atoms with van der Waals surface area (Å²) in [4.78, 5) is 120. The number of aliphatic carboxylic acids is 1. The molecule has 0 spiro atoms. The number of benzene rings is 1. The van der Waals surface area contributed by atoms with Crippen LogP contribution in [0.2, 0.25) is 5.02 Å². The molecule has 21 heteroatoms. The van der Waals surface area contributed by atoms with Gasteiger partial charge in [-0.05, 0) is 109 Å². The second kappa shape index (κ2) is 31.0. The maximum absolute atomic E-state index is 14.3. The molecule has 5 rings (SSSR count). The number of halogens is 1. The number of nitrogens with one attached hydrogen (secondary N) is 3. The van der Waals surface area contributed by atoms with E-state index in [9.17, 15) is 53.4 Å². The number of epoxide rings is 1. The highest BCUT2D eigenvalue weighted by Gasteiger charge is 2.64. The fraction of sp³-hybridized carbons (Fsp3) is 0.689. The van der Waals surface area contributed by atoms with Gasteiger partial charge in [0.1, 0.15) is 40.6 Å². The Morgan fingerprint density at radius 1 is 0.988 bits per heavy atom. The number of ether oxygens (including phenoxy) is 3. The zero-order valence-corrected chi connectivity index (χ0v) is 51.3. The number of nitrogens with zero attached hydrogens (tertiary/aromatic N) is 2. The number of carbonyl (C=O) groups excluding carboxylic acids is 8. The van der Waals surface area contributed by atoms with Crippen LogP contribution in [0.15, 0.2) is 35.9 Å². The second-order valence-corrected chi connectivity index (χ2v) is 25.3. The van der Waals surface area contributed by atoms with E-state index < -0.39 is 94.6 Å². The number of aryl methyl sites for hydroxylation is 1. The summed E-state index contributed by atoms with van der Waals surface area (Å²) >= 11 is 7.77. The third-order valence-corrected chi connectivity index (χ3v) is 18.8. The van der Waals surface area contributed by atoms with E-state index in [1.807, 2.05) is 44.2 Å². The van der Waals surface area contributed by atoms with Gasteiger partial charge in [-0.15, -0.1) is 11.8 Å². The van der Waals surface area contributed by atoms with Crippen LogP contribution in [0.25, 0.3) is 0 Å². The highest BCUT2D eigenvalue weighted by molar-refractivity contribution is 8.00. The lowest BCUT2D eigenvalue weighted by atomic mass is 9.79. The van der Waals surface area contributed by atoms with Crippen LogP contribution >= 0.6 is 23.4 Å². The number of unbranched alkanes of at least 4 members (excludes halogenated alkanes) is 4. The summed E-state index contributed by atoms with van der Waals surface area (Å²) in [5, 5.41) is 29.4. The number of fused-ring (bicyclic) bond motifs is 5. The monoisotopic (exact) mass is 1180 g/mol. The molecule has 1 saturated carbocycles. The largest absolute Gasteiger partial charge is 0.480 e. The number of ketones is 2. The Balaban J connectivity index is 1.11. The quantitative estimate of drug-likeness (QED) is 0.0349. The van der Waals surface area contributed by atoms with E-state index in [0.29, 0.717) is 62.2 Å². The smallest absolute Gasteiger partial charge is 0.409 e. The van der Waals surface area contributed by atoms with Gasteiger partial charge >= 0.3 is 18.0 Å². The van der Waals surface area contributed by atoms with Crippen molar-refractivity contribution in [3.63, 3.8) is 0 Å². The molecule has 4 aliphatic rings. The van der Waals surface area contributed by atoms with Crippen molar-refractivity contribution in [1.29, 1.82) is 0 Å². The molecule has 1 aliphatic carbocycles. The van der Waals surface area contributed by atoms with Crippen LogP contribution in [0.5, 0.6) is 0 Å². The van der Waals surface area contributed by atoms with Crippen LogP contribution in [0.1, 0.15) is 169 Å². The van der Waals surface area contributed by atoms with Crippen LogP contribution in [0, 0.1) is 30.6 Å². The molecule has 19 nitrogen and oxygen atoms in total. The molecule has 82 heavy (non-hydrogen) atoms. The van der Waals surface area contributed by atoms with Crippen molar-refractivity contribution in [3.8, 4) is 0 Å². The van der Waals surface area contributed by atoms with Gasteiger partial charge in [0.05, 0.1) is 29.3 Å². The highest BCUT2D eigenvalue weighted by atomic mass is 35.5. The Kier molecular flexibility index (Phi) is 25.5. The van der Waals surface area contributed by atoms with Crippen molar-refractivity contribution in [1.82, 2.24) is 20.9 Å². The van der Waals surface area contributed by atoms with Gasteiger partial charge in [0, 0.05) is 76.3 Å². The van der Waals surface area contributed by atoms with Gasteiger partial charge in [-0.2, -0.15) is 0 Å². The van der Waals surface area contributed by atoms with E-state index in [-0.39, 0.29) is 60.7 Å². The van der Waals surface area contributed by atoms with E-state index in [0.717, 1.165) is 73.4 Å². The lowest BCUT2D eigenvalue weighted by Gasteiger charge is -2.41. The first-order chi connectivity index (χ1) is 38.7. The summed E-state index contributed by atoms with van der Waals surface area (Å²) in [6.45, 7) is 14.5. The molecule has 4 bridgehead atoms. The molecule has 3 fully saturated rings. The standard InChI is InChI=1S/C61H90ClN5O14S/c1-11-12-14-22-51(70)64-45(41(7)68)20-15-13-16-21-47(69)44-25-23-42(24-26-44)35-63-52(71)32-49(57(74)75)82-28-27-53(72)66(9)40(6)58(76)80-50-33-54(73)67(10)46-31-43(30-37(3)55(46)62)29-36(2)18-17-19-38(4)61(78)34-48(79-59(77)65-61)39(5)56-60(50,8)81-56/h17-19,30-31,38-40,42,44-45,48-50,56,78H,11-16,20-29,32-35H2,1-10H3,(H,63,71)(H,64,70)(H,65,77)(H,74,75)/b19-17+,36-18+/t38-,39+,40-,42?,44?,45?,48?,49?,50-,56-,60-,61-/m0/s1. The van der Waals surface area contributed by atoms with Gasteiger partial charge < -0.3 is 44.9 Å². The minimum absolute atomic E-state index is 0.00935. The van der Waals surface area contributed by atoms with Crippen LogP contribution in [0.3, 0.4) is 0 Å². The molecule has 3 unspecified atom stereocenters. The lowest BCUT2D eigenvalue weighted by Crippen LogP contribution is -2.60. The van der Waals surface area contributed by atoms with Gasteiger partial charge in [-0.1, -0.05) is 87.9 Å². The summed E-state index contributed by atoms with van der Waals surface area (Å²) in [6.07, 6.45) is 11.0. The van der Waals surface area contributed by atoms with E-state index >= 15 is 0 Å². The van der Waals surface area contributed by atoms with Crippen molar-refractivity contribution in [3.05, 3.63) is 52.1 Å². The minimum Gasteiger partial charge on any atom is -0.480 e. The summed E-state index contributed by atoms with van der Waals surface area (Å²) in [5.74, 6) is -4.33. The third-order valence-electron chi connectivity index (χ3n) is 17.1. The maximum atomic E-state index is 14.3. The zero-order valence-electron chi connectivity index (χ0n) is 49.8. The molecule has 1 aromatic rings. The summed E-state index contributed by atoms with van der Waals surface area (Å²) in [7, 11) is 3.00. The molecule has 0 aromatic heterocycles. The number of aliphatic hydroxyl groups is 1. The second-order valence-electron chi connectivity index (χ2n) is 23.6.